The third-order valence-corrected chi connectivity index (χ3v) is 5.62. The molecule has 1 aromatic carbocycles. The van der Waals surface area contributed by atoms with Crippen molar-refractivity contribution in [1.29, 1.82) is 0 Å². The number of benzene rings is 1. The molecule has 1 aliphatic rings. The van der Waals surface area contributed by atoms with Gasteiger partial charge in [-0.05, 0) is 50.3 Å². The van der Waals surface area contributed by atoms with Gasteiger partial charge < -0.3 is 10.6 Å². The Hall–Kier alpha value is -1.35. The fraction of sp³-hybridized carbons (Fsp3) is 0.650. The van der Waals surface area contributed by atoms with Crippen LogP contribution in [0, 0.1) is 11.8 Å². The second kappa shape index (κ2) is 7.96. The molecule has 3 nitrogen and oxygen atoms in total. The van der Waals surface area contributed by atoms with Gasteiger partial charge in [-0.15, -0.1) is 0 Å². The number of rotatable bonds is 6. The summed E-state index contributed by atoms with van der Waals surface area (Å²) in [5, 5.41) is 6.67. The van der Waals surface area contributed by atoms with E-state index >= 15 is 0 Å². The summed E-state index contributed by atoms with van der Waals surface area (Å²) in [4.78, 5) is 12.5. The molecule has 1 aromatic rings. The van der Waals surface area contributed by atoms with E-state index in [0.717, 1.165) is 13.1 Å². The van der Waals surface area contributed by atoms with Crippen LogP contribution in [0.15, 0.2) is 30.3 Å². The Kier molecular flexibility index (Phi) is 6.23. The van der Waals surface area contributed by atoms with Crippen molar-refractivity contribution >= 4 is 5.91 Å². The first kappa shape index (κ1) is 18.0. The first-order valence-electron chi connectivity index (χ1n) is 8.97. The van der Waals surface area contributed by atoms with E-state index in [1.54, 1.807) is 0 Å². The Labute approximate surface area is 141 Å². The van der Waals surface area contributed by atoms with Gasteiger partial charge in [0.15, 0.2) is 0 Å². The number of amides is 1. The molecule has 3 heteroatoms. The Bertz CT molecular complexity index is 492. The maximum Gasteiger partial charge on any atom is 0.220 e. The number of carbonyl (C=O) groups is 1. The molecule has 2 N–H and O–H groups in total. The molecule has 23 heavy (non-hydrogen) atoms. The minimum absolute atomic E-state index is 0.0768. The molecule has 1 heterocycles. The number of piperidine rings is 1. The van der Waals surface area contributed by atoms with Crippen molar-refractivity contribution in [3.63, 3.8) is 0 Å². The van der Waals surface area contributed by atoms with Crippen LogP contribution in [0.3, 0.4) is 0 Å². The first-order valence-corrected chi connectivity index (χ1v) is 8.97. The van der Waals surface area contributed by atoms with Crippen LogP contribution in [0.2, 0.25) is 0 Å². The lowest BCUT2D eigenvalue weighted by atomic mass is 9.78. The smallest absolute Gasteiger partial charge is 0.220 e. The standard InChI is InChI=1S/C20H32N2O/c1-15(17-9-8-12-21-14-17)13-19(23)22-16(2)20(3,4)18-10-6-5-7-11-18/h5-7,10-11,15-17,21H,8-9,12-14H2,1-4H3,(H,22,23). The highest BCUT2D eigenvalue weighted by molar-refractivity contribution is 5.76. The van der Waals surface area contributed by atoms with E-state index in [1.165, 1.54) is 18.4 Å². The van der Waals surface area contributed by atoms with E-state index in [2.05, 4.69) is 62.6 Å². The molecular formula is C20H32N2O. The van der Waals surface area contributed by atoms with Gasteiger partial charge in [-0.1, -0.05) is 51.1 Å². The van der Waals surface area contributed by atoms with Gasteiger partial charge >= 0.3 is 0 Å². The molecule has 0 saturated carbocycles. The van der Waals surface area contributed by atoms with Crippen LogP contribution < -0.4 is 10.6 Å². The van der Waals surface area contributed by atoms with Crippen molar-refractivity contribution in [2.75, 3.05) is 13.1 Å². The highest BCUT2D eigenvalue weighted by Gasteiger charge is 2.30. The number of hydrogen-bond donors (Lipinski definition) is 2. The van der Waals surface area contributed by atoms with E-state index in [4.69, 9.17) is 0 Å². The molecule has 3 unspecified atom stereocenters. The quantitative estimate of drug-likeness (QED) is 0.843. The topological polar surface area (TPSA) is 41.1 Å². The molecule has 0 aliphatic carbocycles. The maximum atomic E-state index is 12.5. The molecule has 1 amide bonds. The van der Waals surface area contributed by atoms with Crippen molar-refractivity contribution in [3.8, 4) is 0 Å². The lowest BCUT2D eigenvalue weighted by Crippen LogP contribution is -2.46. The fourth-order valence-electron chi connectivity index (χ4n) is 3.42. The second-order valence-corrected chi connectivity index (χ2v) is 7.66. The minimum atomic E-state index is -0.0768. The van der Waals surface area contributed by atoms with Crippen LogP contribution in [0.25, 0.3) is 0 Å². The summed E-state index contributed by atoms with van der Waals surface area (Å²) in [5.74, 6) is 1.25. The maximum absolute atomic E-state index is 12.5. The number of carbonyl (C=O) groups excluding carboxylic acids is 1. The molecule has 0 aromatic heterocycles. The average Bonchev–Trinajstić information content (AvgIpc) is 2.56. The zero-order valence-corrected chi connectivity index (χ0v) is 15.1. The molecule has 0 bridgehead atoms. The summed E-state index contributed by atoms with van der Waals surface area (Å²) in [6.07, 6.45) is 3.10. The van der Waals surface area contributed by atoms with Crippen LogP contribution in [0.4, 0.5) is 0 Å². The van der Waals surface area contributed by atoms with E-state index in [1.807, 2.05) is 6.07 Å². The van der Waals surface area contributed by atoms with Crippen LogP contribution in [-0.2, 0) is 10.2 Å². The molecule has 2 rings (SSSR count). The van der Waals surface area contributed by atoms with Gasteiger partial charge in [-0.25, -0.2) is 0 Å². The van der Waals surface area contributed by atoms with Crippen molar-refractivity contribution < 1.29 is 4.79 Å². The Morgan fingerprint density at radius 1 is 1.30 bits per heavy atom. The normalized spacial score (nSPS) is 21.5. The van der Waals surface area contributed by atoms with Crippen molar-refractivity contribution in [1.82, 2.24) is 10.6 Å². The predicted molar refractivity (Wildman–Crippen MR) is 96.4 cm³/mol. The average molecular weight is 316 g/mol. The van der Waals surface area contributed by atoms with Gasteiger partial charge in [0.2, 0.25) is 5.91 Å². The molecule has 3 atom stereocenters. The van der Waals surface area contributed by atoms with Gasteiger partial charge in [-0.3, -0.25) is 4.79 Å². The van der Waals surface area contributed by atoms with Crippen molar-refractivity contribution in [2.45, 2.75) is 58.4 Å². The lowest BCUT2D eigenvalue weighted by molar-refractivity contribution is -0.123. The van der Waals surface area contributed by atoms with Gasteiger partial charge in [-0.2, -0.15) is 0 Å². The van der Waals surface area contributed by atoms with Gasteiger partial charge in [0.1, 0.15) is 0 Å². The summed E-state index contributed by atoms with van der Waals surface area (Å²) in [5.41, 5.74) is 1.18. The second-order valence-electron chi connectivity index (χ2n) is 7.66. The monoisotopic (exact) mass is 316 g/mol. The van der Waals surface area contributed by atoms with E-state index < -0.39 is 0 Å². The SMILES string of the molecule is CC(CC(=O)NC(C)C(C)(C)c1ccccc1)C1CCCNC1. The third kappa shape index (κ3) is 4.81. The summed E-state index contributed by atoms with van der Waals surface area (Å²) in [6.45, 7) is 10.9. The van der Waals surface area contributed by atoms with Crippen LogP contribution in [0.5, 0.6) is 0 Å². The van der Waals surface area contributed by atoms with Gasteiger partial charge in [0, 0.05) is 17.9 Å². The van der Waals surface area contributed by atoms with E-state index in [-0.39, 0.29) is 17.4 Å². The summed E-state index contributed by atoms with van der Waals surface area (Å²) < 4.78 is 0. The number of hydrogen-bond acceptors (Lipinski definition) is 2. The summed E-state index contributed by atoms with van der Waals surface area (Å²) in [7, 11) is 0. The minimum Gasteiger partial charge on any atom is -0.353 e. The van der Waals surface area contributed by atoms with Gasteiger partial charge in [0.05, 0.1) is 0 Å². The first-order chi connectivity index (χ1) is 10.9. The van der Waals surface area contributed by atoms with Crippen molar-refractivity contribution in [3.05, 3.63) is 35.9 Å². The van der Waals surface area contributed by atoms with E-state index in [0.29, 0.717) is 18.3 Å². The molecule has 1 aliphatic heterocycles. The van der Waals surface area contributed by atoms with Crippen molar-refractivity contribution in [2.24, 2.45) is 11.8 Å². The Morgan fingerprint density at radius 2 is 2.00 bits per heavy atom. The van der Waals surface area contributed by atoms with Crippen LogP contribution in [-0.4, -0.2) is 25.0 Å². The molecule has 1 fully saturated rings. The Balaban J connectivity index is 1.88. The summed E-state index contributed by atoms with van der Waals surface area (Å²) >= 11 is 0. The zero-order chi connectivity index (χ0) is 16.9. The molecule has 0 spiro atoms. The van der Waals surface area contributed by atoms with E-state index in [9.17, 15) is 4.79 Å². The predicted octanol–water partition coefficient (Wildman–Crippen LogP) is 3.49. The van der Waals surface area contributed by atoms with Gasteiger partial charge in [0.25, 0.3) is 0 Å². The molecule has 128 valence electrons. The van der Waals surface area contributed by atoms with Crippen LogP contribution in [0.1, 0.15) is 52.5 Å². The highest BCUT2D eigenvalue weighted by atomic mass is 16.1. The highest BCUT2D eigenvalue weighted by Crippen LogP contribution is 2.27. The number of nitrogens with one attached hydrogen (secondary N) is 2. The third-order valence-electron chi connectivity index (χ3n) is 5.62. The Morgan fingerprint density at radius 3 is 2.61 bits per heavy atom. The fourth-order valence-corrected chi connectivity index (χ4v) is 3.42. The molecule has 1 saturated heterocycles. The largest absolute Gasteiger partial charge is 0.353 e. The molecule has 0 radical (unpaired) electrons. The summed E-state index contributed by atoms with van der Waals surface area (Å²) in [6, 6.07) is 10.5. The molecular weight excluding hydrogens is 284 g/mol. The lowest BCUT2D eigenvalue weighted by Gasteiger charge is -2.34. The zero-order valence-electron chi connectivity index (χ0n) is 15.1. The van der Waals surface area contributed by atoms with Crippen LogP contribution >= 0.6 is 0 Å².